The number of ketones is 1. The number of anilines is 2. The molecule has 1 aliphatic carbocycles. The Bertz CT molecular complexity index is 1020. The summed E-state index contributed by atoms with van der Waals surface area (Å²) >= 11 is 0. The number of hydrogen-bond acceptors (Lipinski definition) is 4. The lowest BCUT2D eigenvalue weighted by Crippen LogP contribution is -2.32. The van der Waals surface area contributed by atoms with Crippen LogP contribution in [0.4, 0.5) is 11.4 Å². The number of carbonyl (C=O) groups is 1. The first kappa shape index (κ1) is 25.0. The Hall–Kier alpha value is -2.62. The van der Waals surface area contributed by atoms with Gasteiger partial charge in [0.1, 0.15) is 5.78 Å². The van der Waals surface area contributed by atoms with Gasteiger partial charge >= 0.3 is 0 Å². The average Bonchev–Trinajstić information content (AvgIpc) is 2.80. The van der Waals surface area contributed by atoms with Gasteiger partial charge in [-0.3, -0.25) is 9.79 Å². The number of benzene rings is 2. The van der Waals surface area contributed by atoms with Gasteiger partial charge in [-0.15, -0.1) is 0 Å². The molecule has 2 aromatic rings. The predicted octanol–water partition coefficient (Wildman–Crippen LogP) is 6.22. The van der Waals surface area contributed by atoms with Crippen molar-refractivity contribution in [2.75, 3.05) is 44.0 Å². The molecule has 0 radical (unpaired) electrons. The van der Waals surface area contributed by atoms with Crippen LogP contribution in [0.25, 0.3) is 0 Å². The zero-order valence-electron chi connectivity index (χ0n) is 21.7. The minimum Gasteiger partial charge on any atom is -0.378 e. The second-order valence-corrected chi connectivity index (χ2v) is 9.98. The largest absolute Gasteiger partial charge is 0.378 e. The van der Waals surface area contributed by atoms with Crippen molar-refractivity contribution in [1.29, 1.82) is 0 Å². The van der Waals surface area contributed by atoms with E-state index in [1.807, 2.05) is 6.92 Å². The highest BCUT2D eigenvalue weighted by Gasteiger charge is 2.36. The summed E-state index contributed by atoms with van der Waals surface area (Å²) in [7, 11) is 6.32. The average molecular weight is 448 g/mol. The Labute approximate surface area is 200 Å². The molecule has 1 aliphatic rings. The third-order valence-electron chi connectivity index (χ3n) is 6.95. The minimum absolute atomic E-state index is 0.129. The first-order chi connectivity index (χ1) is 15.7. The van der Waals surface area contributed by atoms with Gasteiger partial charge in [0, 0.05) is 75.0 Å². The molecular weight excluding hydrogens is 406 g/mol. The number of hydrogen-bond donors (Lipinski definition) is 0. The molecule has 0 aromatic heterocycles. The Morgan fingerprint density at radius 2 is 1.52 bits per heavy atom. The van der Waals surface area contributed by atoms with Crippen molar-refractivity contribution < 1.29 is 4.79 Å². The van der Waals surface area contributed by atoms with Crippen LogP contribution in [-0.2, 0) is 10.2 Å². The maximum absolute atomic E-state index is 11.7. The Kier molecular flexibility index (Phi) is 7.99. The highest BCUT2D eigenvalue weighted by atomic mass is 16.1. The highest BCUT2D eigenvalue weighted by molar-refractivity contribution is 6.17. The van der Waals surface area contributed by atoms with Gasteiger partial charge < -0.3 is 9.80 Å². The van der Waals surface area contributed by atoms with Gasteiger partial charge in [0.15, 0.2) is 0 Å². The lowest BCUT2D eigenvalue weighted by atomic mass is 9.68. The zero-order valence-corrected chi connectivity index (χ0v) is 21.7. The van der Waals surface area contributed by atoms with Crippen LogP contribution >= 0.6 is 0 Å². The number of aliphatic imine (C=N–C) groups is 1. The van der Waals surface area contributed by atoms with Crippen LogP contribution in [0.3, 0.4) is 0 Å². The van der Waals surface area contributed by atoms with Crippen molar-refractivity contribution in [3.63, 3.8) is 0 Å². The molecule has 3 rings (SSSR count). The molecule has 33 heavy (non-hydrogen) atoms. The molecule has 0 N–H and O–H groups in total. The van der Waals surface area contributed by atoms with E-state index >= 15 is 0 Å². The van der Waals surface area contributed by atoms with E-state index < -0.39 is 0 Å². The van der Waals surface area contributed by atoms with Crippen molar-refractivity contribution >= 4 is 22.9 Å². The molecule has 0 unspecified atom stereocenters. The monoisotopic (exact) mass is 447 g/mol. The van der Waals surface area contributed by atoms with Gasteiger partial charge in [0.2, 0.25) is 0 Å². The Morgan fingerprint density at radius 1 is 0.909 bits per heavy atom. The summed E-state index contributed by atoms with van der Waals surface area (Å²) in [5.41, 5.74) is 8.58. The van der Waals surface area contributed by atoms with Crippen LogP contribution in [0, 0.1) is 0 Å². The number of fused-ring (bicyclic) bond motifs is 2. The van der Waals surface area contributed by atoms with E-state index in [0.29, 0.717) is 18.6 Å². The van der Waals surface area contributed by atoms with Gasteiger partial charge in [-0.1, -0.05) is 46.2 Å². The number of rotatable bonds is 10. The van der Waals surface area contributed by atoms with E-state index in [4.69, 9.17) is 4.99 Å². The number of carbonyl (C=O) groups excluding carboxylic acids is 1. The fourth-order valence-corrected chi connectivity index (χ4v) is 4.66. The molecule has 0 fully saturated rings. The third-order valence-corrected chi connectivity index (χ3v) is 6.95. The smallest absolute Gasteiger partial charge is 0.132 e. The van der Waals surface area contributed by atoms with E-state index in [0.717, 1.165) is 38.1 Å². The molecule has 0 saturated heterocycles. The SMILES string of the molecule is CCCCN=C1c2ccc(N(C)C)cc2C(C)(C)c2cc(N(C)CCCC(=O)CC)ccc21. The maximum atomic E-state index is 11.7. The van der Waals surface area contributed by atoms with Gasteiger partial charge in [-0.2, -0.15) is 0 Å². The topological polar surface area (TPSA) is 35.9 Å². The molecule has 0 aliphatic heterocycles. The fraction of sp³-hybridized carbons (Fsp3) is 0.517. The van der Waals surface area contributed by atoms with Gasteiger partial charge in [-0.25, -0.2) is 0 Å². The van der Waals surface area contributed by atoms with Crippen LogP contribution in [-0.4, -0.2) is 45.7 Å². The van der Waals surface area contributed by atoms with Crippen LogP contribution < -0.4 is 9.80 Å². The van der Waals surface area contributed by atoms with Crippen LogP contribution in [0.2, 0.25) is 0 Å². The van der Waals surface area contributed by atoms with Crippen LogP contribution in [0.1, 0.15) is 82.1 Å². The number of Topliss-reactive ketones (excluding diaryl/α,β-unsaturated/α-hetero) is 1. The summed E-state index contributed by atoms with van der Waals surface area (Å²) in [4.78, 5) is 21.3. The minimum atomic E-state index is -0.129. The molecule has 0 spiro atoms. The molecular formula is C29H41N3O. The molecule has 4 heteroatoms. The predicted molar refractivity (Wildman–Crippen MR) is 143 cm³/mol. The molecule has 178 valence electrons. The van der Waals surface area contributed by atoms with Crippen molar-refractivity contribution in [3.05, 3.63) is 58.7 Å². The van der Waals surface area contributed by atoms with Crippen molar-refractivity contribution in [1.82, 2.24) is 0 Å². The molecule has 0 atom stereocenters. The molecule has 0 bridgehead atoms. The van der Waals surface area contributed by atoms with Crippen molar-refractivity contribution in [3.8, 4) is 0 Å². The van der Waals surface area contributed by atoms with Gasteiger partial charge in [0.25, 0.3) is 0 Å². The summed E-state index contributed by atoms with van der Waals surface area (Å²) in [6, 6.07) is 13.6. The lowest BCUT2D eigenvalue weighted by Gasteiger charge is -2.37. The normalized spacial score (nSPS) is 15.2. The number of nitrogens with zero attached hydrogens (tertiary/aromatic N) is 3. The lowest BCUT2D eigenvalue weighted by molar-refractivity contribution is -0.118. The van der Waals surface area contributed by atoms with E-state index in [1.54, 1.807) is 0 Å². The molecule has 0 amide bonds. The third kappa shape index (κ3) is 5.31. The van der Waals surface area contributed by atoms with E-state index in [-0.39, 0.29) is 5.41 Å². The maximum Gasteiger partial charge on any atom is 0.132 e. The van der Waals surface area contributed by atoms with Crippen LogP contribution in [0.5, 0.6) is 0 Å². The Balaban J connectivity index is 2.03. The molecule has 0 heterocycles. The first-order valence-electron chi connectivity index (χ1n) is 12.4. The fourth-order valence-electron chi connectivity index (χ4n) is 4.66. The van der Waals surface area contributed by atoms with E-state index in [1.165, 1.54) is 33.6 Å². The Morgan fingerprint density at radius 3 is 2.09 bits per heavy atom. The summed E-state index contributed by atoms with van der Waals surface area (Å²) in [6.45, 7) is 10.5. The standard InChI is InChI=1S/C29H41N3O/c1-8-10-17-30-28-24-15-13-21(31(5)6)19-26(24)29(3,4)27-20-22(14-16-25(27)28)32(7)18-11-12-23(33)9-2/h13-16,19-20H,8-12,17-18H2,1-7H3. The van der Waals surface area contributed by atoms with E-state index in [2.05, 4.69) is 88.1 Å². The summed E-state index contributed by atoms with van der Waals surface area (Å²) < 4.78 is 0. The van der Waals surface area contributed by atoms with Crippen molar-refractivity contribution in [2.24, 2.45) is 4.99 Å². The van der Waals surface area contributed by atoms with Gasteiger partial charge in [0.05, 0.1) is 5.71 Å². The second-order valence-electron chi connectivity index (χ2n) is 9.98. The summed E-state index contributed by atoms with van der Waals surface area (Å²) in [6.07, 6.45) is 4.43. The highest BCUT2D eigenvalue weighted by Crippen LogP contribution is 2.44. The molecule has 0 saturated carbocycles. The van der Waals surface area contributed by atoms with E-state index in [9.17, 15) is 4.79 Å². The summed E-state index contributed by atoms with van der Waals surface area (Å²) in [5, 5.41) is 0. The quantitative estimate of drug-likeness (QED) is 0.405. The number of unbranched alkanes of at least 4 members (excludes halogenated alkanes) is 1. The zero-order chi connectivity index (χ0) is 24.2. The van der Waals surface area contributed by atoms with Crippen LogP contribution in [0.15, 0.2) is 41.4 Å². The summed E-state index contributed by atoms with van der Waals surface area (Å²) in [5.74, 6) is 0.344. The van der Waals surface area contributed by atoms with Crippen molar-refractivity contribution in [2.45, 2.75) is 65.2 Å². The molecule has 4 nitrogen and oxygen atoms in total. The second kappa shape index (κ2) is 10.5. The molecule has 2 aromatic carbocycles. The first-order valence-corrected chi connectivity index (χ1v) is 12.4. The van der Waals surface area contributed by atoms with Gasteiger partial charge in [-0.05, 0) is 48.2 Å².